The molecule has 0 unspecified atom stereocenters. The van der Waals surface area contributed by atoms with Crippen LogP contribution in [0.1, 0.15) is 6.42 Å². The van der Waals surface area contributed by atoms with Gasteiger partial charge in [0.2, 0.25) is 0 Å². The molecule has 1 aliphatic rings. The van der Waals surface area contributed by atoms with Gasteiger partial charge in [-0.15, -0.1) is 6.42 Å². The molecule has 1 radical (unpaired) electrons. The number of hydrogen-bond acceptors (Lipinski definition) is 2. The predicted molar refractivity (Wildman–Crippen MR) is 33.4 cm³/mol. The molecular formula is C7H11Cl2O2V-. The van der Waals surface area contributed by atoms with Crippen LogP contribution in [-0.4, -0.2) is 14.2 Å². The van der Waals surface area contributed by atoms with Crippen molar-refractivity contribution in [2.75, 3.05) is 14.2 Å². The Bertz CT molecular complexity index is 77.5. The van der Waals surface area contributed by atoms with E-state index in [9.17, 15) is 0 Å². The van der Waals surface area contributed by atoms with Gasteiger partial charge >= 0.3 is 18.6 Å². The van der Waals surface area contributed by atoms with Gasteiger partial charge in [-0.2, -0.15) is 20.3 Å². The molecule has 1 rings (SSSR count). The average molecular weight is 249 g/mol. The van der Waals surface area contributed by atoms with Crippen molar-refractivity contribution in [2.45, 2.75) is 6.42 Å². The molecule has 12 heavy (non-hydrogen) atoms. The van der Waals surface area contributed by atoms with E-state index in [1.165, 1.54) is 0 Å². The summed E-state index contributed by atoms with van der Waals surface area (Å²) >= 11 is 0. The smallest absolute Gasteiger partial charge is 1.00 e. The van der Waals surface area contributed by atoms with Gasteiger partial charge in [0.1, 0.15) is 0 Å². The Hall–Kier alpha value is 0.564. The third kappa shape index (κ3) is 31.2. The fourth-order valence-electron chi connectivity index (χ4n) is 0.340. The van der Waals surface area contributed by atoms with Crippen LogP contribution in [0.3, 0.4) is 0 Å². The second-order valence-corrected chi connectivity index (χ2v) is 1.00. The Kier molecular flexibility index (Phi) is 102. The van der Waals surface area contributed by atoms with E-state index in [0.29, 0.717) is 0 Å². The van der Waals surface area contributed by atoms with E-state index in [2.05, 4.69) is 12.2 Å². The summed E-state index contributed by atoms with van der Waals surface area (Å²) in [5, 5.41) is 16.5. The summed E-state index contributed by atoms with van der Waals surface area (Å²) in [5.74, 6) is 0. The quantitative estimate of drug-likeness (QED) is 0.401. The van der Waals surface area contributed by atoms with Crippen molar-refractivity contribution in [1.82, 2.24) is 0 Å². The van der Waals surface area contributed by atoms with Crippen LogP contribution in [0.2, 0.25) is 0 Å². The molecule has 0 atom stereocenters. The monoisotopic (exact) mass is 248 g/mol. The Morgan fingerprint density at radius 3 is 1.58 bits per heavy atom. The van der Waals surface area contributed by atoms with Crippen molar-refractivity contribution in [3.05, 3.63) is 24.3 Å². The molecule has 0 N–H and O–H groups in total. The van der Waals surface area contributed by atoms with Crippen molar-refractivity contribution >= 4 is 0 Å². The summed E-state index contributed by atoms with van der Waals surface area (Å²) in [5.41, 5.74) is 0. The van der Waals surface area contributed by atoms with E-state index in [1.54, 1.807) is 0 Å². The SMILES string of the molecule is C[O-].C[O-].[C-]1=CC=CC1.[Cl-].[Cl-].[V+4]. The normalized spacial score (nSPS) is 8.33. The standard InChI is InChI=1S/C5H5.2CH3O.2ClH.V/c1-2-4-5-3-1;2*1-2;;;/h1-3H,4H2;2*1H3;2*1H;/q3*-1;;;+4/p-2. The number of allylic oxidation sites excluding steroid dienone is 4. The maximum Gasteiger partial charge on any atom is 4.00 e. The number of halogens is 2. The topological polar surface area (TPSA) is 46.1 Å². The molecule has 0 fully saturated rings. The molecule has 0 aromatic rings. The van der Waals surface area contributed by atoms with Crippen molar-refractivity contribution < 1.29 is 53.6 Å². The first kappa shape index (κ1) is 29.4. The summed E-state index contributed by atoms with van der Waals surface area (Å²) in [6, 6.07) is 0. The van der Waals surface area contributed by atoms with Crippen molar-refractivity contribution in [2.24, 2.45) is 0 Å². The van der Waals surface area contributed by atoms with Gasteiger partial charge in [0.15, 0.2) is 0 Å². The Labute approximate surface area is 98.5 Å². The molecule has 0 bridgehead atoms. The van der Waals surface area contributed by atoms with Gasteiger partial charge in [0.05, 0.1) is 0 Å². The first-order valence-electron chi connectivity index (χ1n) is 2.53. The van der Waals surface area contributed by atoms with Crippen molar-refractivity contribution in [3.8, 4) is 0 Å². The molecule has 0 aromatic heterocycles. The zero-order valence-corrected chi connectivity index (χ0v) is 9.87. The molecule has 0 aromatic carbocycles. The third-order valence-corrected chi connectivity index (χ3v) is 0.586. The van der Waals surface area contributed by atoms with E-state index >= 15 is 0 Å². The fourth-order valence-corrected chi connectivity index (χ4v) is 0.340. The van der Waals surface area contributed by atoms with Gasteiger partial charge in [0.25, 0.3) is 0 Å². The molecular weight excluding hydrogens is 238 g/mol. The van der Waals surface area contributed by atoms with Crippen LogP contribution in [0.4, 0.5) is 0 Å². The minimum atomic E-state index is 0. The van der Waals surface area contributed by atoms with E-state index in [-0.39, 0.29) is 43.4 Å². The summed E-state index contributed by atoms with van der Waals surface area (Å²) in [6.45, 7) is 0. The van der Waals surface area contributed by atoms with Crippen LogP contribution in [0.5, 0.6) is 0 Å². The molecule has 2 nitrogen and oxygen atoms in total. The molecule has 0 spiro atoms. The minimum absolute atomic E-state index is 0. The zero-order valence-electron chi connectivity index (χ0n) is 6.96. The first-order chi connectivity index (χ1) is 4.50. The molecule has 71 valence electrons. The van der Waals surface area contributed by atoms with Gasteiger partial charge in [-0.05, 0) is 0 Å². The van der Waals surface area contributed by atoms with Gasteiger partial charge in [0, 0.05) is 0 Å². The second-order valence-electron chi connectivity index (χ2n) is 1.00. The predicted octanol–water partition coefficient (Wildman–Crippen LogP) is -6.74. The summed E-state index contributed by atoms with van der Waals surface area (Å²) in [6.07, 6.45) is 10.0. The number of rotatable bonds is 0. The van der Waals surface area contributed by atoms with Gasteiger partial charge < -0.3 is 35.0 Å². The van der Waals surface area contributed by atoms with Crippen LogP contribution >= 0.6 is 0 Å². The van der Waals surface area contributed by atoms with Crippen molar-refractivity contribution in [3.63, 3.8) is 0 Å². The summed E-state index contributed by atoms with van der Waals surface area (Å²) in [7, 11) is 1.50. The van der Waals surface area contributed by atoms with Crippen LogP contribution in [-0.2, 0) is 18.6 Å². The molecule has 0 aliphatic heterocycles. The molecule has 0 saturated carbocycles. The number of hydrogen-bond donors (Lipinski definition) is 0. The third-order valence-electron chi connectivity index (χ3n) is 0.586. The fraction of sp³-hybridized carbons (Fsp3) is 0.429. The van der Waals surface area contributed by atoms with Crippen LogP contribution < -0.4 is 35.0 Å². The van der Waals surface area contributed by atoms with Crippen LogP contribution in [0.15, 0.2) is 18.2 Å². The Morgan fingerprint density at radius 1 is 1.08 bits per heavy atom. The van der Waals surface area contributed by atoms with Gasteiger partial charge in [-0.1, -0.05) is 0 Å². The largest absolute Gasteiger partial charge is 4.00 e. The minimum Gasteiger partial charge on any atom is -1.00 e. The van der Waals surface area contributed by atoms with E-state index in [0.717, 1.165) is 20.6 Å². The average Bonchev–Trinajstić information content (AvgIpc) is 2.51. The summed E-state index contributed by atoms with van der Waals surface area (Å²) in [4.78, 5) is 0. The zero-order chi connectivity index (χ0) is 7.54. The molecule has 0 amide bonds. The van der Waals surface area contributed by atoms with Crippen LogP contribution in [0.25, 0.3) is 0 Å². The second kappa shape index (κ2) is 41.7. The molecule has 0 saturated heterocycles. The first-order valence-corrected chi connectivity index (χ1v) is 2.53. The molecule has 5 heteroatoms. The van der Waals surface area contributed by atoms with E-state index < -0.39 is 0 Å². The van der Waals surface area contributed by atoms with E-state index in [4.69, 9.17) is 10.2 Å². The van der Waals surface area contributed by atoms with Crippen LogP contribution in [0, 0.1) is 6.08 Å². The molecule has 0 heterocycles. The van der Waals surface area contributed by atoms with Gasteiger partial charge in [-0.25, -0.2) is 12.2 Å². The van der Waals surface area contributed by atoms with Crippen molar-refractivity contribution in [1.29, 1.82) is 0 Å². The Morgan fingerprint density at radius 2 is 1.50 bits per heavy atom. The maximum atomic E-state index is 8.25. The summed E-state index contributed by atoms with van der Waals surface area (Å²) < 4.78 is 0. The molecule has 1 aliphatic carbocycles. The Balaban J connectivity index is -0.0000000213. The maximum absolute atomic E-state index is 8.25. The van der Waals surface area contributed by atoms with E-state index in [1.807, 2.05) is 12.2 Å². The van der Waals surface area contributed by atoms with Gasteiger partial charge in [-0.3, -0.25) is 6.08 Å².